The van der Waals surface area contributed by atoms with Gasteiger partial charge in [0.15, 0.2) is 0 Å². The molecule has 3 aliphatic rings. The lowest BCUT2D eigenvalue weighted by Gasteiger charge is -2.31. The molecule has 528 valence electrons. The monoisotopic (exact) mass is 1420 g/mol. The van der Waals surface area contributed by atoms with Gasteiger partial charge in [0.05, 0.1) is 29.3 Å². The molecule has 23 nitrogen and oxygen atoms in total. The van der Waals surface area contributed by atoms with Crippen LogP contribution in [0.25, 0.3) is 94.2 Å². The second kappa shape index (κ2) is 28.9. The lowest BCUT2D eigenvalue weighted by atomic mass is 9.95. The second-order valence-electron chi connectivity index (χ2n) is 27.3. The SMILES string of the molecule is Nc1nccn2c(C3CCN(C(=O)CSc4ccncc4)CC3)nc(-c3cc4ccccc4[nH]3)c12.Nc1nccn2c(C3CCN(C(=O)Cc4cccnc4)CC3)nc(-c3cc4ccccc4[nH]3)c12.Nc1nccn2c(C3CCN(C(=O)c4cccc5ccccc45)CC3)nc(-c3cc4ccccc4[nH]3)c12. The van der Waals surface area contributed by atoms with Crippen LogP contribution in [0.1, 0.15) is 89.7 Å². The molecule has 0 unspecified atom stereocenters. The Morgan fingerprint density at radius 3 is 1.28 bits per heavy atom. The minimum absolute atomic E-state index is 0.0930. The fraction of sp³-hybridized carbons (Fsp3) is 0.207. The number of para-hydroxylation sites is 3. The van der Waals surface area contributed by atoms with Gasteiger partial charge in [-0.25, -0.2) is 29.9 Å². The van der Waals surface area contributed by atoms with Crippen LogP contribution in [0.15, 0.2) is 225 Å². The molecule has 3 fully saturated rings. The van der Waals surface area contributed by atoms with E-state index in [9.17, 15) is 14.4 Å². The van der Waals surface area contributed by atoms with Crippen molar-refractivity contribution in [3.05, 3.63) is 248 Å². The maximum Gasteiger partial charge on any atom is 0.254 e. The number of carbonyl (C=O) groups is 3. The van der Waals surface area contributed by atoms with Crippen LogP contribution in [0.4, 0.5) is 17.5 Å². The number of amides is 3. The fourth-order valence-electron chi connectivity index (χ4n) is 15.4. The number of anilines is 3. The number of fused-ring (bicyclic) bond motifs is 7. The maximum absolute atomic E-state index is 13.5. The van der Waals surface area contributed by atoms with Crippen LogP contribution in [0, 0.1) is 0 Å². The van der Waals surface area contributed by atoms with E-state index in [1.54, 1.807) is 55.1 Å². The van der Waals surface area contributed by atoms with Gasteiger partial charge in [-0.2, -0.15) is 0 Å². The molecule has 0 bridgehead atoms. The van der Waals surface area contributed by atoms with E-state index in [0.717, 1.165) is 179 Å². The van der Waals surface area contributed by atoms with Gasteiger partial charge in [0.2, 0.25) is 11.8 Å². The molecular weight excluding hydrogens is 1350 g/mol. The quantitative estimate of drug-likeness (QED) is 0.0620. The number of hydrogen-bond donors (Lipinski definition) is 6. The zero-order valence-corrected chi connectivity index (χ0v) is 58.9. The number of carbonyl (C=O) groups excluding carboxylic acids is 3. The average Bonchev–Trinajstić information content (AvgIpc) is 1.61. The third-order valence-electron chi connectivity index (χ3n) is 20.9. The number of pyridine rings is 2. The first-order valence-electron chi connectivity index (χ1n) is 35.9. The van der Waals surface area contributed by atoms with E-state index < -0.39 is 0 Å². The summed E-state index contributed by atoms with van der Waals surface area (Å²) in [7, 11) is 0. The Hall–Kier alpha value is -12.7. The number of nitrogens with zero attached hydrogens (tertiary/aromatic N) is 14. The molecule has 0 aliphatic carbocycles. The number of imidazole rings is 3. The van der Waals surface area contributed by atoms with E-state index in [4.69, 9.17) is 32.2 Å². The van der Waals surface area contributed by atoms with Crippen LogP contribution in [0.5, 0.6) is 0 Å². The summed E-state index contributed by atoms with van der Waals surface area (Å²) in [5.74, 6) is 5.81. The molecule has 14 heterocycles. The average molecular weight is 1420 g/mol. The first-order valence-corrected chi connectivity index (χ1v) is 36.9. The normalized spacial score (nSPS) is 14.7. The van der Waals surface area contributed by atoms with Crippen molar-refractivity contribution in [2.75, 3.05) is 62.2 Å². The fourth-order valence-corrected chi connectivity index (χ4v) is 16.2. The van der Waals surface area contributed by atoms with Crippen LogP contribution in [-0.2, 0) is 16.0 Å². The number of nitrogens with one attached hydrogen (secondary N) is 3. The summed E-state index contributed by atoms with van der Waals surface area (Å²) in [6.45, 7) is 4.23. The molecule has 3 saturated heterocycles. The molecule has 106 heavy (non-hydrogen) atoms. The molecule has 24 heteroatoms. The van der Waals surface area contributed by atoms with Crippen molar-refractivity contribution in [3.63, 3.8) is 0 Å². The van der Waals surface area contributed by atoms with Crippen molar-refractivity contribution < 1.29 is 14.4 Å². The van der Waals surface area contributed by atoms with E-state index in [-0.39, 0.29) is 35.5 Å². The number of piperidine rings is 3. The van der Waals surface area contributed by atoms with Gasteiger partial charge >= 0.3 is 0 Å². The summed E-state index contributed by atoms with van der Waals surface area (Å²) in [4.78, 5) is 92.9. The number of aromatic amines is 3. The highest BCUT2D eigenvalue weighted by atomic mass is 32.2. The summed E-state index contributed by atoms with van der Waals surface area (Å²) in [5, 5.41) is 5.47. The Balaban J connectivity index is 0.000000117. The number of H-pyrrole nitrogens is 3. The van der Waals surface area contributed by atoms with Gasteiger partial charge in [-0.15, -0.1) is 11.8 Å². The van der Waals surface area contributed by atoms with Crippen molar-refractivity contribution >= 4 is 107 Å². The van der Waals surface area contributed by atoms with Crippen LogP contribution < -0.4 is 17.2 Å². The van der Waals surface area contributed by atoms with Crippen molar-refractivity contribution in [1.29, 1.82) is 0 Å². The molecule has 16 aromatic rings. The lowest BCUT2D eigenvalue weighted by molar-refractivity contribution is -0.131. The molecule has 3 aliphatic heterocycles. The van der Waals surface area contributed by atoms with Crippen molar-refractivity contribution in [3.8, 4) is 34.2 Å². The van der Waals surface area contributed by atoms with Crippen LogP contribution >= 0.6 is 11.8 Å². The summed E-state index contributed by atoms with van der Waals surface area (Å²) in [6.07, 6.45) is 23.4. The Labute approximate surface area is 613 Å². The second-order valence-corrected chi connectivity index (χ2v) is 28.3. The molecule has 0 saturated carbocycles. The number of nitrogen functional groups attached to an aromatic ring is 3. The van der Waals surface area contributed by atoms with Gasteiger partial charge in [0, 0.05) is 162 Å². The summed E-state index contributed by atoms with van der Waals surface area (Å²) >= 11 is 1.55. The van der Waals surface area contributed by atoms with Gasteiger partial charge in [0.25, 0.3) is 5.91 Å². The predicted molar refractivity (Wildman–Crippen MR) is 416 cm³/mol. The minimum atomic E-state index is 0.0930. The van der Waals surface area contributed by atoms with Gasteiger partial charge in [0.1, 0.15) is 68.6 Å². The Kier molecular flexibility index (Phi) is 18.1. The summed E-state index contributed by atoms with van der Waals surface area (Å²) in [5.41, 5.74) is 31.6. The van der Waals surface area contributed by atoms with Gasteiger partial charge in [-0.3, -0.25) is 37.6 Å². The largest absolute Gasteiger partial charge is 0.382 e. The van der Waals surface area contributed by atoms with E-state index in [2.05, 4.69) is 108 Å². The highest BCUT2D eigenvalue weighted by Crippen LogP contribution is 2.40. The Bertz CT molecular complexity index is 5810. The van der Waals surface area contributed by atoms with Crippen molar-refractivity contribution in [2.45, 2.75) is 67.6 Å². The molecular formula is C82H76N20O3S. The number of rotatable bonds is 12. The van der Waals surface area contributed by atoms with Crippen molar-refractivity contribution in [2.24, 2.45) is 0 Å². The number of likely N-dealkylation sites (tertiary alicyclic amines) is 3. The minimum Gasteiger partial charge on any atom is -0.382 e. The topological polar surface area (TPSA) is 303 Å². The number of nitrogens with two attached hydrogens (primary N) is 3. The molecule has 3 amide bonds. The highest BCUT2D eigenvalue weighted by molar-refractivity contribution is 8.00. The van der Waals surface area contributed by atoms with Gasteiger partial charge in [-0.1, -0.05) is 97.1 Å². The summed E-state index contributed by atoms with van der Waals surface area (Å²) < 4.78 is 6.22. The molecule has 0 radical (unpaired) electrons. The van der Waals surface area contributed by atoms with Crippen LogP contribution in [-0.4, -0.2) is 145 Å². The summed E-state index contributed by atoms with van der Waals surface area (Å²) in [6, 6.07) is 52.5. The lowest BCUT2D eigenvalue weighted by Crippen LogP contribution is -2.39. The molecule has 19 rings (SSSR count). The smallest absolute Gasteiger partial charge is 0.254 e. The van der Waals surface area contributed by atoms with E-state index >= 15 is 0 Å². The van der Waals surface area contributed by atoms with Crippen LogP contribution in [0.2, 0.25) is 0 Å². The Morgan fingerprint density at radius 1 is 0.425 bits per heavy atom. The number of thioether (sulfide) groups is 1. The molecule has 0 atom stereocenters. The standard InChI is InChI=1S/C30H26N6O.C26H25N7OS.C26H25N7O/c31-28-27-26(25-18-21-7-2-4-11-24(21)33-25)34-29(36(27)17-14-32-28)20-12-15-35(16-13-20)30(37)23-10-5-8-19-6-1-3-9-22(19)23;27-25-24-23(21-15-18-3-1-2-4-20(18)30-21)31-26(33(24)14-11-29-25)17-7-12-32(13-8-17)22(34)16-35-19-5-9-28-10-6-19;27-25-24-23(21-15-19-5-1-2-6-20(19)30-21)31-26(33(24)13-10-29-25)18-7-11-32(12-8-18)22(34)14-17-4-3-9-28-16-17/h1-11,14,17-18,20,33H,12-13,15-16H2,(H2,31,32);1-6,9-11,14-15,17,30H,7-8,12-13,16H2,(H2,27,29);1-6,9-10,13,15-16,18,30H,7-8,11-12,14H2,(H2,27,29). The predicted octanol–water partition coefficient (Wildman–Crippen LogP) is 13.8. The van der Waals surface area contributed by atoms with Crippen LogP contribution in [0.3, 0.4) is 0 Å². The molecule has 9 N–H and O–H groups in total. The first-order chi connectivity index (χ1) is 52.0. The number of benzene rings is 5. The maximum atomic E-state index is 13.5. The highest BCUT2D eigenvalue weighted by Gasteiger charge is 2.33. The first kappa shape index (κ1) is 66.5. The third kappa shape index (κ3) is 13.1. The molecule has 5 aromatic carbocycles. The Morgan fingerprint density at radius 2 is 0.840 bits per heavy atom. The molecule has 11 aromatic heterocycles. The van der Waals surface area contributed by atoms with E-state index in [1.165, 1.54) is 0 Å². The van der Waals surface area contributed by atoms with Gasteiger partial charge < -0.3 is 46.9 Å². The third-order valence-corrected chi connectivity index (χ3v) is 21.9. The van der Waals surface area contributed by atoms with E-state index in [1.807, 2.05) is 136 Å². The zero-order valence-electron chi connectivity index (χ0n) is 58.0. The van der Waals surface area contributed by atoms with Gasteiger partial charge in [-0.05, 0) is 116 Å². The number of aromatic nitrogens is 14. The number of hydrogen-bond acceptors (Lipinski definition) is 15. The van der Waals surface area contributed by atoms with E-state index in [0.29, 0.717) is 55.8 Å². The van der Waals surface area contributed by atoms with Crippen molar-refractivity contribution in [1.82, 2.24) is 82.7 Å². The molecule has 0 spiro atoms. The zero-order chi connectivity index (χ0) is 71.8.